The first kappa shape index (κ1) is 13.4. The molecule has 6 heteroatoms. The maximum Gasteiger partial charge on any atom is 0.258 e. The van der Waals surface area contributed by atoms with E-state index in [1.165, 1.54) is 12.4 Å². The van der Waals surface area contributed by atoms with E-state index >= 15 is 0 Å². The Morgan fingerprint density at radius 3 is 3.00 bits per heavy atom. The predicted molar refractivity (Wildman–Crippen MR) is 73.7 cm³/mol. The SMILES string of the molecule is CCOc1ccc(NC(=O)c2cn[nH]c2)cc1CCl. The molecule has 1 aromatic carbocycles. The average molecular weight is 280 g/mol. The van der Waals surface area contributed by atoms with Gasteiger partial charge in [0.05, 0.1) is 24.2 Å². The van der Waals surface area contributed by atoms with Gasteiger partial charge in [0.2, 0.25) is 0 Å². The van der Waals surface area contributed by atoms with Gasteiger partial charge in [-0.1, -0.05) is 0 Å². The van der Waals surface area contributed by atoms with E-state index in [-0.39, 0.29) is 5.91 Å². The van der Waals surface area contributed by atoms with Gasteiger partial charge in [0.1, 0.15) is 5.75 Å². The first-order valence-electron chi connectivity index (χ1n) is 5.86. The van der Waals surface area contributed by atoms with E-state index in [0.717, 1.165) is 11.3 Å². The summed E-state index contributed by atoms with van der Waals surface area (Å²) in [6.45, 7) is 2.48. The Bertz CT molecular complexity index is 555. The highest BCUT2D eigenvalue weighted by atomic mass is 35.5. The topological polar surface area (TPSA) is 67.0 Å². The molecule has 2 rings (SSSR count). The minimum absolute atomic E-state index is 0.224. The second-order valence-corrected chi connectivity index (χ2v) is 4.10. The fourth-order valence-corrected chi connectivity index (χ4v) is 1.85. The number of anilines is 1. The summed E-state index contributed by atoms with van der Waals surface area (Å²) in [5, 5.41) is 9.10. The van der Waals surface area contributed by atoms with Crippen LogP contribution in [0.1, 0.15) is 22.8 Å². The molecule has 0 unspecified atom stereocenters. The third kappa shape index (κ3) is 3.26. The number of rotatable bonds is 5. The van der Waals surface area contributed by atoms with Gasteiger partial charge in [-0.3, -0.25) is 9.89 Å². The molecule has 0 spiro atoms. The van der Waals surface area contributed by atoms with E-state index < -0.39 is 0 Å². The zero-order valence-electron chi connectivity index (χ0n) is 10.4. The normalized spacial score (nSPS) is 10.2. The minimum Gasteiger partial charge on any atom is -0.494 e. The number of aromatic amines is 1. The van der Waals surface area contributed by atoms with Gasteiger partial charge in [0.25, 0.3) is 5.91 Å². The monoisotopic (exact) mass is 279 g/mol. The van der Waals surface area contributed by atoms with E-state index in [4.69, 9.17) is 16.3 Å². The Morgan fingerprint density at radius 1 is 1.53 bits per heavy atom. The third-order valence-electron chi connectivity index (χ3n) is 2.52. The molecule has 0 atom stereocenters. The lowest BCUT2D eigenvalue weighted by Crippen LogP contribution is -2.11. The molecule has 1 amide bonds. The van der Waals surface area contributed by atoms with E-state index in [9.17, 15) is 4.79 Å². The van der Waals surface area contributed by atoms with E-state index in [2.05, 4.69) is 15.5 Å². The first-order valence-corrected chi connectivity index (χ1v) is 6.40. The quantitative estimate of drug-likeness (QED) is 0.827. The molecule has 0 aliphatic carbocycles. The molecule has 0 bridgehead atoms. The summed E-state index contributed by atoms with van der Waals surface area (Å²) in [6.07, 6.45) is 3.00. The van der Waals surface area contributed by atoms with Gasteiger partial charge in [0, 0.05) is 17.4 Å². The number of alkyl halides is 1. The van der Waals surface area contributed by atoms with Crippen molar-refractivity contribution in [2.24, 2.45) is 0 Å². The highest BCUT2D eigenvalue weighted by Gasteiger charge is 2.09. The van der Waals surface area contributed by atoms with Crippen LogP contribution in [-0.2, 0) is 5.88 Å². The molecule has 1 heterocycles. The number of carbonyl (C=O) groups is 1. The molecule has 0 fully saturated rings. The van der Waals surface area contributed by atoms with Crippen molar-refractivity contribution in [3.63, 3.8) is 0 Å². The van der Waals surface area contributed by atoms with Gasteiger partial charge in [0.15, 0.2) is 0 Å². The second kappa shape index (κ2) is 6.24. The molecular weight excluding hydrogens is 266 g/mol. The number of benzene rings is 1. The molecule has 0 radical (unpaired) electrons. The van der Waals surface area contributed by atoms with Crippen molar-refractivity contribution in [2.45, 2.75) is 12.8 Å². The predicted octanol–water partition coefficient (Wildman–Crippen LogP) is 2.80. The molecule has 0 aliphatic rings. The fraction of sp³-hybridized carbons (Fsp3) is 0.231. The number of nitrogens with one attached hydrogen (secondary N) is 2. The van der Waals surface area contributed by atoms with E-state index in [1.807, 2.05) is 6.92 Å². The van der Waals surface area contributed by atoms with Crippen molar-refractivity contribution in [3.8, 4) is 5.75 Å². The summed E-state index contributed by atoms with van der Waals surface area (Å²) in [5.74, 6) is 0.835. The maximum absolute atomic E-state index is 11.9. The van der Waals surface area contributed by atoms with Gasteiger partial charge in [-0.15, -0.1) is 11.6 Å². The molecule has 2 N–H and O–H groups in total. The standard InChI is InChI=1S/C13H14ClN3O2/c1-2-19-12-4-3-11(5-9(12)6-14)17-13(18)10-7-15-16-8-10/h3-5,7-8H,2,6H2,1H3,(H,15,16)(H,17,18). The van der Waals surface area contributed by atoms with Gasteiger partial charge in [-0.25, -0.2) is 0 Å². The Balaban J connectivity index is 2.15. The van der Waals surface area contributed by atoms with E-state index in [1.54, 1.807) is 18.2 Å². The summed E-state index contributed by atoms with van der Waals surface area (Å²) in [4.78, 5) is 11.9. The maximum atomic E-state index is 11.9. The number of halogens is 1. The smallest absolute Gasteiger partial charge is 0.258 e. The third-order valence-corrected chi connectivity index (χ3v) is 2.81. The number of ether oxygens (including phenoxy) is 1. The van der Waals surface area contributed by atoms with Crippen molar-refractivity contribution in [1.29, 1.82) is 0 Å². The van der Waals surface area contributed by atoms with Crippen LogP contribution in [-0.4, -0.2) is 22.7 Å². The van der Waals surface area contributed by atoms with Crippen LogP contribution in [0.2, 0.25) is 0 Å². The first-order chi connectivity index (χ1) is 9.24. The molecule has 100 valence electrons. The number of amides is 1. The van der Waals surface area contributed by atoms with Gasteiger partial charge in [-0.2, -0.15) is 5.10 Å². The van der Waals surface area contributed by atoms with Crippen LogP contribution < -0.4 is 10.1 Å². The van der Waals surface area contributed by atoms with Crippen LogP contribution in [0.4, 0.5) is 5.69 Å². The number of carbonyl (C=O) groups excluding carboxylic acids is 1. The van der Waals surface area contributed by atoms with Crippen LogP contribution in [0.3, 0.4) is 0 Å². The Labute approximate surface area is 115 Å². The number of hydrogen-bond donors (Lipinski definition) is 2. The Hall–Kier alpha value is -2.01. The molecule has 1 aromatic heterocycles. The van der Waals surface area contributed by atoms with Crippen LogP contribution in [0.25, 0.3) is 0 Å². The zero-order chi connectivity index (χ0) is 13.7. The summed E-state index contributed by atoms with van der Waals surface area (Å²) >= 11 is 5.87. The van der Waals surface area contributed by atoms with Crippen molar-refractivity contribution in [3.05, 3.63) is 41.7 Å². The van der Waals surface area contributed by atoms with Crippen LogP contribution in [0.15, 0.2) is 30.6 Å². The fourth-order valence-electron chi connectivity index (χ4n) is 1.64. The summed E-state index contributed by atoms with van der Waals surface area (Å²) in [5.41, 5.74) is 1.99. The molecular formula is C13H14ClN3O2. The number of aromatic nitrogens is 2. The highest BCUT2D eigenvalue weighted by molar-refractivity contribution is 6.17. The van der Waals surface area contributed by atoms with Crippen LogP contribution in [0, 0.1) is 0 Å². The lowest BCUT2D eigenvalue weighted by molar-refractivity contribution is 0.102. The summed E-state index contributed by atoms with van der Waals surface area (Å²) < 4.78 is 5.45. The molecule has 19 heavy (non-hydrogen) atoms. The molecule has 0 saturated carbocycles. The molecule has 5 nitrogen and oxygen atoms in total. The van der Waals surface area contributed by atoms with Crippen LogP contribution in [0.5, 0.6) is 5.75 Å². The van der Waals surface area contributed by atoms with Crippen molar-refractivity contribution < 1.29 is 9.53 Å². The second-order valence-electron chi connectivity index (χ2n) is 3.83. The van der Waals surface area contributed by atoms with Crippen molar-refractivity contribution in [1.82, 2.24) is 10.2 Å². The lowest BCUT2D eigenvalue weighted by atomic mass is 10.2. The van der Waals surface area contributed by atoms with Crippen molar-refractivity contribution >= 4 is 23.2 Å². The zero-order valence-corrected chi connectivity index (χ0v) is 11.2. The number of H-pyrrole nitrogens is 1. The minimum atomic E-state index is -0.224. The summed E-state index contributed by atoms with van der Waals surface area (Å²) in [7, 11) is 0. The van der Waals surface area contributed by atoms with Gasteiger partial charge >= 0.3 is 0 Å². The van der Waals surface area contributed by atoms with Crippen molar-refractivity contribution in [2.75, 3.05) is 11.9 Å². The molecule has 0 aliphatic heterocycles. The molecule has 0 saturated heterocycles. The molecule has 2 aromatic rings. The van der Waals surface area contributed by atoms with Gasteiger partial charge in [-0.05, 0) is 25.1 Å². The number of nitrogens with zero attached hydrogens (tertiary/aromatic N) is 1. The Morgan fingerprint density at radius 2 is 2.37 bits per heavy atom. The lowest BCUT2D eigenvalue weighted by Gasteiger charge is -2.10. The van der Waals surface area contributed by atoms with Crippen LogP contribution >= 0.6 is 11.6 Å². The van der Waals surface area contributed by atoms with Gasteiger partial charge < -0.3 is 10.1 Å². The summed E-state index contributed by atoms with van der Waals surface area (Å²) in [6, 6.07) is 5.38. The largest absolute Gasteiger partial charge is 0.494 e. The average Bonchev–Trinajstić information content (AvgIpc) is 2.94. The highest BCUT2D eigenvalue weighted by Crippen LogP contribution is 2.24. The number of hydrogen-bond acceptors (Lipinski definition) is 3. The van der Waals surface area contributed by atoms with E-state index in [0.29, 0.717) is 23.7 Å². The Kier molecular flexibility index (Phi) is 4.41.